The summed E-state index contributed by atoms with van der Waals surface area (Å²) >= 11 is 0. The van der Waals surface area contributed by atoms with E-state index < -0.39 is 0 Å². The lowest BCUT2D eigenvalue weighted by atomic mass is 10.1. The Balaban J connectivity index is 1.54. The smallest absolute Gasteiger partial charge is 0.142 e. The van der Waals surface area contributed by atoms with Gasteiger partial charge in [-0.05, 0) is 37.5 Å². The predicted molar refractivity (Wildman–Crippen MR) is 105 cm³/mol. The maximum absolute atomic E-state index is 5.97. The summed E-state index contributed by atoms with van der Waals surface area (Å²) < 4.78 is 5.97. The van der Waals surface area contributed by atoms with Gasteiger partial charge in [0.05, 0.1) is 12.3 Å². The van der Waals surface area contributed by atoms with Gasteiger partial charge in [0.25, 0.3) is 0 Å². The summed E-state index contributed by atoms with van der Waals surface area (Å²) in [6.07, 6.45) is 3.73. The standard InChI is InChI=1S/C21H24N4O/c1-16-23-14-18(21(22)25-16)15-24-19-11-5-6-12-20(19)26-13-7-10-17-8-3-2-4-9-17/h2-6,8-9,11-12,14,24H,7,10,13,15H2,1H3,(H2,22,23,25). The Hall–Kier alpha value is -3.08. The Morgan fingerprint density at radius 2 is 1.81 bits per heavy atom. The van der Waals surface area contributed by atoms with Crippen LogP contribution in [0.1, 0.15) is 23.4 Å². The van der Waals surface area contributed by atoms with Crippen LogP contribution in [0.4, 0.5) is 11.5 Å². The summed E-state index contributed by atoms with van der Waals surface area (Å²) in [5.41, 5.74) is 9.09. The van der Waals surface area contributed by atoms with Gasteiger partial charge in [-0.15, -0.1) is 0 Å². The number of ether oxygens (including phenoxy) is 1. The van der Waals surface area contributed by atoms with Crippen LogP contribution in [0, 0.1) is 6.92 Å². The van der Waals surface area contributed by atoms with Gasteiger partial charge in [0.15, 0.2) is 0 Å². The molecule has 1 aromatic heterocycles. The third kappa shape index (κ3) is 4.96. The molecule has 26 heavy (non-hydrogen) atoms. The molecule has 0 fully saturated rings. The van der Waals surface area contributed by atoms with Crippen molar-refractivity contribution in [2.24, 2.45) is 0 Å². The fourth-order valence-electron chi connectivity index (χ4n) is 2.68. The normalized spacial score (nSPS) is 10.5. The van der Waals surface area contributed by atoms with Crippen molar-refractivity contribution < 1.29 is 4.74 Å². The Labute approximate surface area is 154 Å². The molecule has 1 heterocycles. The predicted octanol–water partition coefficient (Wildman–Crippen LogP) is 3.99. The molecule has 3 aromatic rings. The zero-order valence-corrected chi connectivity index (χ0v) is 15.0. The number of aryl methyl sites for hydroxylation is 2. The first kappa shape index (κ1) is 17.7. The molecular weight excluding hydrogens is 324 g/mol. The molecule has 0 radical (unpaired) electrons. The van der Waals surface area contributed by atoms with Gasteiger partial charge in [-0.3, -0.25) is 0 Å². The van der Waals surface area contributed by atoms with Crippen molar-refractivity contribution in [2.45, 2.75) is 26.3 Å². The second-order valence-electron chi connectivity index (χ2n) is 6.12. The second-order valence-corrected chi connectivity index (χ2v) is 6.12. The molecule has 0 amide bonds. The highest BCUT2D eigenvalue weighted by molar-refractivity contribution is 5.57. The fourth-order valence-corrected chi connectivity index (χ4v) is 2.68. The first-order valence-electron chi connectivity index (χ1n) is 8.80. The summed E-state index contributed by atoms with van der Waals surface area (Å²) in [5, 5.41) is 3.36. The number of para-hydroxylation sites is 2. The highest BCUT2D eigenvalue weighted by Gasteiger charge is 2.06. The molecule has 0 aliphatic heterocycles. The minimum absolute atomic E-state index is 0.506. The van der Waals surface area contributed by atoms with Gasteiger partial charge in [0.2, 0.25) is 0 Å². The molecule has 5 heteroatoms. The molecule has 0 saturated heterocycles. The van der Waals surface area contributed by atoms with Crippen LogP contribution in [0.5, 0.6) is 5.75 Å². The molecule has 0 aliphatic carbocycles. The number of nitrogen functional groups attached to an aromatic ring is 1. The molecule has 5 nitrogen and oxygen atoms in total. The average Bonchev–Trinajstić information content (AvgIpc) is 2.66. The third-order valence-electron chi connectivity index (χ3n) is 4.09. The summed E-state index contributed by atoms with van der Waals surface area (Å²) in [4.78, 5) is 8.39. The Morgan fingerprint density at radius 1 is 1.04 bits per heavy atom. The number of hydrogen-bond donors (Lipinski definition) is 2. The summed E-state index contributed by atoms with van der Waals surface area (Å²) in [5.74, 6) is 2.02. The minimum Gasteiger partial charge on any atom is -0.491 e. The zero-order valence-electron chi connectivity index (χ0n) is 15.0. The lowest BCUT2D eigenvalue weighted by molar-refractivity contribution is 0.312. The van der Waals surface area contributed by atoms with E-state index in [-0.39, 0.29) is 0 Å². The molecule has 0 atom stereocenters. The van der Waals surface area contributed by atoms with E-state index in [0.29, 0.717) is 24.8 Å². The van der Waals surface area contributed by atoms with Crippen molar-refractivity contribution >= 4 is 11.5 Å². The highest BCUT2D eigenvalue weighted by Crippen LogP contribution is 2.25. The lowest BCUT2D eigenvalue weighted by Gasteiger charge is -2.14. The van der Waals surface area contributed by atoms with Crippen molar-refractivity contribution in [1.82, 2.24) is 9.97 Å². The van der Waals surface area contributed by atoms with Crippen LogP contribution in [0.3, 0.4) is 0 Å². The van der Waals surface area contributed by atoms with Gasteiger partial charge in [-0.25, -0.2) is 9.97 Å². The number of nitrogens with two attached hydrogens (primary N) is 1. The Morgan fingerprint density at radius 3 is 2.62 bits per heavy atom. The number of rotatable bonds is 8. The number of benzene rings is 2. The Kier molecular flexibility index (Phi) is 6.04. The molecule has 3 rings (SSSR count). The highest BCUT2D eigenvalue weighted by atomic mass is 16.5. The molecule has 0 aliphatic rings. The van der Waals surface area contributed by atoms with E-state index in [1.54, 1.807) is 6.20 Å². The fraction of sp³-hybridized carbons (Fsp3) is 0.238. The number of nitrogens with one attached hydrogen (secondary N) is 1. The van der Waals surface area contributed by atoms with Gasteiger partial charge >= 0.3 is 0 Å². The van der Waals surface area contributed by atoms with Crippen molar-refractivity contribution in [3.63, 3.8) is 0 Å². The first-order chi connectivity index (χ1) is 12.7. The molecule has 3 N–H and O–H groups in total. The maximum Gasteiger partial charge on any atom is 0.142 e. The van der Waals surface area contributed by atoms with Gasteiger partial charge < -0.3 is 15.8 Å². The van der Waals surface area contributed by atoms with Gasteiger partial charge in [-0.1, -0.05) is 42.5 Å². The van der Waals surface area contributed by atoms with E-state index in [2.05, 4.69) is 39.6 Å². The number of hydrogen-bond acceptors (Lipinski definition) is 5. The van der Waals surface area contributed by atoms with Gasteiger partial charge in [0.1, 0.15) is 17.4 Å². The van der Waals surface area contributed by atoms with Crippen LogP contribution in [0.25, 0.3) is 0 Å². The second kappa shape index (κ2) is 8.85. The third-order valence-corrected chi connectivity index (χ3v) is 4.09. The summed E-state index contributed by atoms with van der Waals surface area (Å²) in [6, 6.07) is 18.4. The van der Waals surface area contributed by atoms with E-state index in [9.17, 15) is 0 Å². The molecule has 134 valence electrons. The largest absolute Gasteiger partial charge is 0.491 e. The lowest BCUT2D eigenvalue weighted by Crippen LogP contribution is -2.08. The van der Waals surface area contributed by atoms with E-state index >= 15 is 0 Å². The zero-order chi connectivity index (χ0) is 18.2. The van der Waals surface area contributed by atoms with Crippen molar-refractivity contribution in [1.29, 1.82) is 0 Å². The minimum atomic E-state index is 0.506. The average molecular weight is 348 g/mol. The molecular formula is C21H24N4O. The quantitative estimate of drug-likeness (QED) is 0.602. The molecule has 0 spiro atoms. The van der Waals surface area contributed by atoms with Crippen molar-refractivity contribution in [2.75, 3.05) is 17.7 Å². The van der Waals surface area contributed by atoms with Crippen LogP contribution in [0.2, 0.25) is 0 Å². The van der Waals surface area contributed by atoms with Crippen LogP contribution >= 0.6 is 0 Å². The number of aromatic nitrogens is 2. The van der Waals surface area contributed by atoms with Crippen LogP contribution in [0.15, 0.2) is 60.8 Å². The monoisotopic (exact) mass is 348 g/mol. The van der Waals surface area contributed by atoms with E-state index in [1.807, 2.05) is 37.3 Å². The van der Waals surface area contributed by atoms with Crippen LogP contribution in [-0.2, 0) is 13.0 Å². The molecule has 0 unspecified atom stereocenters. The van der Waals surface area contributed by atoms with E-state index in [1.165, 1.54) is 5.56 Å². The maximum atomic E-state index is 5.97. The molecule has 2 aromatic carbocycles. The van der Waals surface area contributed by atoms with Crippen LogP contribution in [-0.4, -0.2) is 16.6 Å². The van der Waals surface area contributed by atoms with E-state index in [4.69, 9.17) is 10.5 Å². The SMILES string of the molecule is Cc1ncc(CNc2ccccc2OCCCc2ccccc2)c(N)n1. The van der Waals surface area contributed by atoms with Gasteiger partial charge in [0, 0.05) is 18.3 Å². The van der Waals surface area contributed by atoms with Gasteiger partial charge in [-0.2, -0.15) is 0 Å². The molecule has 0 bridgehead atoms. The van der Waals surface area contributed by atoms with Crippen molar-refractivity contribution in [3.8, 4) is 5.75 Å². The first-order valence-corrected chi connectivity index (χ1v) is 8.80. The number of nitrogens with zero attached hydrogens (tertiary/aromatic N) is 2. The number of anilines is 2. The van der Waals surface area contributed by atoms with Crippen LogP contribution < -0.4 is 15.8 Å². The Bertz CT molecular complexity index is 836. The summed E-state index contributed by atoms with van der Waals surface area (Å²) in [6.45, 7) is 3.05. The summed E-state index contributed by atoms with van der Waals surface area (Å²) in [7, 11) is 0. The topological polar surface area (TPSA) is 73.1 Å². The van der Waals surface area contributed by atoms with E-state index in [0.717, 1.165) is 29.8 Å². The van der Waals surface area contributed by atoms with Crippen molar-refractivity contribution in [3.05, 3.63) is 77.7 Å². The molecule has 0 saturated carbocycles.